The summed E-state index contributed by atoms with van der Waals surface area (Å²) in [5.41, 5.74) is 2.17. The van der Waals surface area contributed by atoms with Crippen molar-refractivity contribution >= 4 is 43.8 Å². The number of allylic oxidation sites excluding steroid dienone is 1. The van der Waals surface area contributed by atoms with Crippen LogP contribution in [-0.4, -0.2) is 50.3 Å². The Morgan fingerprint density at radius 1 is 1.03 bits per heavy atom. The molecule has 7 nitrogen and oxygen atoms in total. The molecule has 190 valence electrons. The smallest absolute Gasteiger partial charge is 0.337 e. The third kappa shape index (κ3) is 10.1. The van der Waals surface area contributed by atoms with Crippen LogP contribution in [0.2, 0.25) is 0 Å². The van der Waals surface area contributed by atoms with Crippen LogP contribution < -0.4 is 4.74 Å². The predicted octanol–water partition coefficient (Wildman–Crippen LogP) is 5.86. The largest absolute Gasteiger partial charge is 0.489 e. The highest BCUT2D eigenvalue weighted by Crippen LogP contribution is 2.32. The number of halogens is 2. The number of carbonyl (C=O) groups is 2. The van der Waals surface area contributed by atoms with Gasteiger partial charge in [-0.1, -0.05) is 28.1 Å². The molecule has 2 aromatic rings. The van der Waals surface area contributed by atoms with Crippen LogP contribution in [0, 0.1) is 0 Å². The molecule has 0 bridgehead atoms. The van der Waals surface area contributed by atoms with Crippen LogP contribution in [-0.2, 0) is 20.6 Å². The summed E-state index contributed by atoms with van der Waals surface area (Å²) in [6.45, 7) is 4.40. The summed E-state index contributed by atoms with van der Waals surface area (Å²) in [4.78, 5) is 22.4. The minimum Gasteiger partial charge on any atom is -0.489 e. The molecular weight excluding hydrogens is 584 g/mol. The lowest BCUT2D eigenvalue weighted by Gasteiger charge is -2.07. The van der Waals surface area contributed by atoms with E-state index in [4.69, 9.17) is 14.6 Å². The molecule has 1 aliphatic heterocycles. The van der Waals surface area contributed by atoms with Gasteiger partial charge in [0.2, 0.25) is 0 Å². The van der Waals surface area contributed by atoms with Gasteiger partial charge >= 0.3 is 11.9 Å². The second-order valence-electron chi connectivity index (χ2n) is 7.71. The zero-order valence-electron chi connectivity index (χ0n) is 19.8. The molecule has 2 aromatic carbocycles. The molecular formula is C26H30Br2O7. The van der Waals surface area contributed by atoms with E-state index in [1.54, 1.807) is 30.3 Å². The van der Waals surface area contributed by atoms with E-state index in [9.17, 15) is 9.59 Å². The zero-order chi connectivity index (χ0) is 25.8. The van der Waals surface area contributed by atoms with Crippen molar-refractivity contribution in [1.82, 2.24) is 0 Å². The van der Waals surface area contributed by atoms with Gasteiger partial charge in [0.1, 0.15) is 5.75 Å². The fourth-order valence-corrected chi connectivity index (χ4v) is 3.89. The highest BCUT2D eigenvalue weighted by molar-refractivity contribution is 9.10. The fourth-order valence-electron chi connectivity index (χ4n) is 2.88. The maximum atomic E-state index is 11.2. The van der Waals surface area contributed by atoms with Gasteiger partial charge in [-0.2, -0.15) is 0 Å². The zero-order valence-corrected chi connectivity index (χ0v) is 23.0. The van der Waals surface area contributed by atoms with Gasteiger partial charge in [-0.25, -0.2) is 9.59 Å². The van der Waals surface area contributed by atoms with Crippen molar-refractivity contribution < 1.29 is 33.6 Å². The molecule has 0 amide bonds. The molecule has 0 spiro atoms. The lowest BCUT2D eigenvalue weighted by atomic mass is 10.1. The Kier molecular flexibility index (Phi) is 12.5. The maximum Gasteiger partial charge on any atom is 0.337 e. The average Bonchev–Trinajstić information content (AvgIpc) is 3.56. The Bertz CT molecular complexity index is 999. The quantitative estimate of drug-likeness (QED) is 0.322. The lowest BCUT2D eigenvalue weighted by Crippen LogP contribution is -2.02. The Morgan fingerprint density at radius 2 is 1.63 bits per heavy atom. The van der Waals surface area contributed by atoms with E-state index >= 15 is 0 Å². The van der Waals surface area contributed by atoms with Crippen LogP contribution in [0.25, 0.3) is 0 Å². The van der Waals surface area contributed by atoms with Crippen molar-refractivity contribution in [1.29, 1.82) is 0 Å². The van der Waals surface area contributed by atoms with Crippen LogP contribution >= 0.6 is 31.9 Å². The van der Waals surface area contributed by atoms with Crippen LogP contribution in [0.5, 0.6) is 5.75 Å². The van der Waals surface area contributed by atoms with E-state index in [-0.39, 0.29) is 11.9 Å². The predicted molar refractivity (Wildman–Crippen MR) is 140 cm³/mol. The normalized spacial score (nSPS) is 16.1. The first kappa shape index (κ1) is 29.0. The first-order chi connectivity index (χ1) is 16.8. The molecule has 2 aliphatic rings. The van der Waals surface area contributed by atoms with Gasteiger partial charge in [-0.15, -0.1) is 6.58 Å². The van der Waals surface area contributed by atoms with Crippen LogP contribution in [0.4, 0.5) is 0 Å². The number of esters is 2. The first-order valence-corrected chi connectivity index (χ1v) is 12.7. The monoisotopic (exact) mass is 612 g/mol. The SMILES string of the molecule is C=CCc1ccc(C(=O)OC)cc1Br.COC(=O)c1ccc(OC2CC2)c(Br)c1.OC1CCCO1. The number of carbonyl (C=O) groups excluding carboxylic acids is 2. The molecule has 35 heavy (non-hydrogen) atoms. The van der Waals surface area contributed by atoms with E-state index in [0.717, 1.165) is 59.0 Å². The fraction of sp³-hybridized carbons (Fsp3) is 0.385. The third-order valence-electron chi connectivity index (χ3n) is 4.92. The number of methoxy groups -OCH3 is 2. The average molecular weight is 614 g/mol. The van der Waals surface area contributed by atoms with Crippen LogP contribution in [0.15, 0.2) is 58.0 Å². The minimum atomic E-state index is -0.454. The Hall–Kier alpha value is -2.20. The van der Waals surface area contributed by atoms with Gasteiger partial charge in [-0.3, -0.25) is 0 Å². The standard InChI is InChI=1S/C11H11BrO3.C11H11BrO2.C4H8O2/c1-14-11(13)7-2-5-10(9(12)6-7)15-8-3-4-8;1-3-4-8-5-6-9(7-10(8)12)11(13)14-2;5-4-2-1-3-6-4/h2,5-6,8H,3-4H2,1H3;3,5-7H,1,4H2,2H3;4-5H,1-3H2. The molecule has 1 N–H and O–H groups in total. The molecule has 9 heteroatoms. The summed E-state index contributed by atoms with van der Waals surface area (Å²) < 4.78 is 21.3. The Balaban J connectivity index is 0.000000201. The van der Waals surface area contributed by atoms with Crippen molar-refractivity contribution in [2.45, 2.75) is 44.5 Å². The number of hydrogen-bond acceptors (Lipinski definition) is 7. The van der Waals surface area contributed by atoms with Crippen molar-refractivity contribution in [2.75, 3.05) is 20.8 Å². The highest BCUT2D eigenvalue weighted by Gasteiger charge is 2.24. The van der Waals surface area contributed by atoms with Gasteiger partial charge < -0.3 is 24.1 Å². The van der Waals surface area contributed by atoms with E-state index in [1.807, 2.05) is 12.1 Å². The summed E-state index contributed by atoms with van der Waals surface area (Å²) in [5, 5.41) is 8.51. The third-order valence-corrected chi connectivity index (χ3v) is 6.27. The van der Waals surface area contributed by atoms with Crippen molar-refractivity contribution in [3.8, 4) is 5.75 Å². The molecule has 4 rings (SSSR count). The summed E-state index contributed by atoms with van der Waals surface area (Å²) in [7, 11) is 2.73. The van der Waals surface area contributed by atoms with Gasteiger partial charge in [0.05, 0.1) is 35.9 Å². The molecule has 0 aromatic heterocycles. The number of aliphatic hydroxyl groups is 1. The van der Waals surface area contributed by atoms with Crippen molar-refractivity contribution in [3.63, 3.8) is 0 Å². The molecule has 0 radical (unpaired) electrons. The van der Waals surface area contributed by atoms with Gasteiger partial charge in [-0.05, 0) is 77.5 Å². The van der Waals surface area contributed by atoms with Crippen molar-refractivity contribution in [3.05, 3.63) is 74.7 Å². The molecule has 1 heterocycles. The number of hydrogen-bond donors (Lipinski definition) is 1. The van der Waals surface area contributed by atoms with Crippen molar-refractivity contribution in [2.24, 2.45) is 0 Å². The first-order valence-electron chi connectivity index (χ1n) is 11.1. The summed E-state index contributed by atoms with van der Waals surface area (Å²) in [5.74, 6) is 0.120. The molecule has 1 saturated heterocycles. The number of ether oxygens (including phenoxy) is 4. The van der Waals surface area contributed by atoms with Crippen LogP contribution in [0.3, 0.4) is 0 Å². The minimum absolute atomic E-state index is 0.323. The van der Waals surface area contributed by atoms with Gasteiger partial charge in [0, 0.05) is 17.5 Å². The molecule has 1 atom stereocenters. The molecule has 1 unspecified atom stereocenters. The van der Waals surface area contributed by atoms with Gasteiger partial charge in [0.25, 0.3) is 0 Å². The summed E-state index contributed by atoms with van der Waals surface area (Å²) in [6, 6.07) is 10.6. The summed E-state index contributed by atoms with van der Waals surface area (Å²) in [6.07, 6.45) is 6.56. The molecule has 1 aliphatic carbocycles. The lowest BCUT2D eigenvalue weighted by molar-refractivity contribution is -0.0589. The summed E-state index contributed by atoms with van der Waals surface area (Å²) >= 11 is 6.76. The van der Waals surface area contributed by atoms with E-state index < -0.39 is 6.29 Å². The Labute approximate surface area is 222 Å². The molecule has 2 fully saturated rings. The van der Waals surface area contributed by atoms with E-state index in [2.05, 4.69) is 47.9 Å². The second-order valence-corrected chi connectivity index (χ2v) is 9.42. The topological polar surface area (TPSA) is 91.3 Å². The Morgan fingerprint density at radius 3 is 2.03 bits per heavy atom. The number of aliphatic hydroxyl groups excluding tert-OH is 1. The van der Waals surface area contributed by atoms with Crippen LogP contribution in [0.1, 0.15) is 52.0 Å². The molecule has 1 saturated carbocycles. The second kappa shape index (κ2) is 15.0. The van der Waals surface area contributed by atoms with Gasteiger partial charge in [0.15, 0.2) is 6.29 Å². The number of benzene rings is 2. The highest BCUT2D eigenvalue weighted by atomic mass is 79.9. The number of rotatable bonds is 6. The van der Waals surface area contributed by atoms with E-state index in [1.165, 1.54) is 14.2 Å². The van der Waals surface area contributed by atoms with E-state index in [0.29, 0.717) is 17.2 Å². The maximum absolute atomic E-state index is 11.2.